The van der Waals surface area contributed by atoms with Crippen LogP contribution in [0.15, 0.2) is 34.5 Å². The lowest BCUT2D eigenvalue weighted by Crippen LogP contribution is -2.32. The van der Waals surface area contributed by atoms with E-state index in [9.17, 15) is 9.59 Å². The van der Waals surface area contributed by atoms with Crippen molar-refractivity contribution >= 4 is 46.3 Å². The van der Waals surface area contributed by atoms with E-state index in [1.54, 1.807) is 31.2 Å². The van der Waals surface area contributed by atoms with Gasteiger partial charge in [0.25, 0.3) is 5.91 Å². The third kappa shape index (κ3) is 7.47. The first-order chi connectivity index (χ1) is 16.8. The number of azo groups is 1. The molecule has 0 bridgehead atoms. The molecule has 1 unspecified atom stereocenters. The first-order valence-corrected chi connectivity index (χ1v) is 11.9. The van der Waals surface area contributed by atoms with Gasteiger partial charge >= 0.3 is 0 Å². The first-order valence-electron chi connectivity index (χ1n) is 11.2. The Bertz CT molecular complexity index is 1050. The summed E-state index contributed by atoms with van der Waals surface area (Å²) in [6, 6.07) is 4.84. The van der Waals surface area contributed by atoms with E-state index < -0.39 is 17.7 Å². The molecule has 0 aliphatic heterocycles. The summed E-state index contributed by atoms with van der Waals surface area (Å²) in [5, 5.41) is 11.2. The molecule has 0 saturated heterocycles. The number of Topliss-reactive ketones (excluding diaryl/α,β-unsaturated/α-hetero) is 1. The van der Waals surface area contributed by atoms with Gasteiger partial charge in [0.15, 0.2) is 17.3 Å². The molecule has 35 heavy (non-hydrogen) atoms. The smallest absolute Gasteiger partial charge is 0.258 e. The Morgan fingerprint density at radius 1 is 0.886 bits per heavy atom. The standard InChI is InChI=1S/C24H29Cl2N3O6/c1-6-32-17-11-10-16(25)22(23(17)35-9-4)27-24(31)21(14(5)30)29-28-15-12-18(33-7-2)20(26)19(13-15)34-8-3/h10-13,21H,6-9H2,1-5H3,(H,27,31). The maximum Gasteiger partial charge on any atom is 0.258 e. The number of benzene rings is 2. The average Bonchev–Trinajstić information content (AvgIpc) is 2.81. The number of nitrogens with zero attached hydrogens (tertiary/aromatic N) is 2. The lowest BCUT2D eigenvalue weighted by atomic mass is 10.2. The molecule has 0 radical (unpaired) electrons. The van der Waals surface area contributed by atoms with Crippen molar-refractivity contribution in [1.29, 1.82) is 0 Å². The van der Waals surface area contributed by atoms with Gasteiger partial charge in [0.2, 0.25) is 6.04 Å². The summed E-state index contributed by atoms with van der Waals surface area (Å²) in [7, 11) is 0. The molecule has 0 aliphatic rings. The molecular weight excluding hydrogens is 497 g/mol. The summed E-state index contributed by atoms with van der Waals surface area (Å²) in [5.74, 6) is 0.0996. The number of carbonyl (C=O) groups is 2. The SMILES string of the molecule is CCOc1cc(N=NC(C(C)=O)C(=O)Nc2c(Cl)ccc(OCC)c2OCC)cc(OCC)c1Cl. The predicted molar refractivity (Wildman–Crippen MR) is 135 cm³/mol. The number of ketones is 1. The van der Waals surface area contributed by atoms with Gasteiger partial charge in [0.1, 0.15) is 22.2 Å². The minimum Gasteiger partial charge on any atom is -0.492 e. The van der Waals surface area contributed by atoms with Gasteiger partial charge in [-0.2, -0.15) is 10.2 Å². The number of anilines is 1. The zero-order valence-corrected chi connectivity index (χ0v) is 21.8. The summed E-state index contributed by atoms with van der Waals surface area (Å²) >= 11 is 12.6. The van der Waals surface area contributed by atoms with Crippen molar-refractivity contribution in [3.8, 4) is 23.0 Å². The van der Waals surface area contributed by atoms with Crippen LogP contribution in [0.25, 0.3) is 0 Å². The highest BCUT2D eigenvalue weighted by atomic mass is 35.5. The van der Waals surface area contributed by atoms with Gasteiger partial charge in [-0.3, -0.25) is 9.59 Å². The van der Waals surface area contributed by atoms with Gasteiger partial charge in [-0.05, 0) is 46.8 Å². The molecular formula is C24H29Cl2N3O6. The van der Waals surface area contributed by atoms with Crippen molar-refractivity contribution in [2.24, 2.45) is 10.2 Å². The second-order valence-corrected chi connectivity index (χ2v) is 7.74. The van der Waals surface area contributed by atoms with Crippen LogP contribution < -0.4 is 24.3 Å². The molecule has 190 valence electrons. The zero-order valence-electron chi connectivity index (χ0n) is 20.3. The third-order valence-electron chi connectivity index (χ3n) is 4.42. The number of ether oxygens (including phenoxy) is 4. The fourth-order valence-electron chi connectivity index (χ4n) is 2.98. The highest BCUT2D eigenvalue weighted by Gasteiger charge is 2.26. The molecule has 0 saturated carbocycles. The van der Waals surface area contributed by atoms with Crippen LogP contribution in [0.1, 0.15) is 34.6 Å². The van der Waals surface area contributed by atoms with E-state index in [0.29, 0.717) is 54.4 Å². The van der Waals surface area contributed by atoms with Crippen LogP contribution in [0.5, 0.6) is 23.0 Å². The molecule has 0 heterocycles. The Kier molecular flexibility index (Phi) is 11.1. The molecule has 2 rings (SSSR count). The third-order valence-corrected chi connectivity index (χ3v) is 5.11. The highest BCUT2D eigenvalue weighted by molar-refractivity contribution is 6.34. The van der Waals surface area contributed by atoms with Gasteiger partial charge < -0.3 is 24.3 Å². The summed E-state index contributed by atoms with van der Waals surface area (Å²) in [4.78, 5) is 25.3. The molecule has 1 atom stereocenters. The zero-order chi connectivity index (χ0) is 26.0. The van der Waals surface area contributed by atoms with E-state index in [0.717, 1.165) is 0 Å². The van der Waals surface area contributed by atoms with Gasteiger partial charge in [-0.25, -0.2) is 0 Å². The highest BCUT2D eigenvalue weighted by Crippen LogP contribution is 2.41. The number of carbonyl (C=O) groups excluding carboxylic acids is 2. The number of amides is 1. The molecule has 2 aromatic rings. The largest absolute Gasteiger partial charge is 0.492 e. The van der Waals surface area contributed by atoms with E-state index in [1.165, 1.54) is 6.92 Å². The maximum atomic E-state index is 13.0. The van der Waals surface area contributed by atoms with E-state index >= 15 is 0 Å². The summed E-state index contributed by atoms with van der Waals surface area (Å²) in [6.45, 7) is 9.89. The van der Waals surface area contributed by atoms with Gasteiger partial charge in [0.05, 0.1) is 37.1 Å². The van der Waals surface area contributed by atoms with E-state index in [-0.39, 0.29) is 16.5 Å². The molecule has 1 N–H and O–H groups in total. The van der Waals surface area contributed by atoms with Crippen LogP contribution in [0.2, 0.25) is 10.0 Å². The van der Waals surface area contributed by atoms with Crippen molar-refractivity contribution in [3.63, 3.8) is 0 Å². The second-order valence-electron chi connectivity index (χ2n) is 6.96. The number of rotatable bonds is 13. The fraction of sp³-hybridized carbons (Fsp3) is 0.417. The molecule has 2 aromatic carbocycles. The Morgan fingerprint density at radius 2 is 1.43 bits per heavy atom. The number of hydrogen-bond donors (Lipinski definition) is 1. The summed E-state index contributed by atoms with van der Waals surface area (Å²) in [5.41, 5.74) is 0.474. The van der Waals surface area contributed by atoms with Crippen molar-refractivity contribution < 1.29 is 28.5 Å². The first kappa shape index (κ1) is 28.2. The van der Waals surface area contributed by atoms with E-state index in [4.69, 9.17) is 42.1 Å². The van der Waals surface area contributed by atoms with E-state index in [2.05, 4.69) is 15.5 Å². The topological polar surface area (TPSA) is 108 Å². The minimum absolute atomic E-state index is 0.176. The predicted octanol–water partition coefficient (Wildman–Crippen LogP) is 6.27. The van der Waals surface area contributed by atoms with Crippen molar-refractivity contribution in [3.05, 3.63) is 34.3 Å². The molecule has 9 nitrogen and oxygen atoms in total. The quantitative estimate of drug-likeness (QED) is 0.244. The Hall–Kier alpha value is -3.04. The second kappa shape index (κ2) is 13.7. The molecule has 11 heteroatoms. The van der Waals surface area contributed by atoms with Crippen molar-refractivity contribution in [1.82, 2.24) is 0 Å². The van der Waals surface area contributed by atoms with Gasteiger partial charge in [-0.15, -0.1) is 0 Å². The Balaban J connectivity index is 2.39. The Labute approximate surface area is 214 Å². The monoisotopic (exact) mass is 525 g/mol. The number of nitrogens with one attached hydrogen (secondary N) is 1. The lowest BCUT2D eigenvalue weighted by Gasteiger charge is -2.18. The van der Waals surface area contributed by atoms with Crippen LogP contribution >= 0.6 is 23.2 Å². The number of halogens is 2. The molecule has 0 aliphatic carbocycles. The molecule has 1 amide bonds. The Morgan fingerprint density at radius 3 is 1.94 bits per heavy atom. The molecule has 0 aromatic heterocycles. The van der Waals surface area contributed by atoms with E-state index in [1.807, 2.05) is 20.8 Å². The van der Waals surface area contributed by atoms with Gasteiger partial charge in [0, 0.05) is 12.1 Å². The average molecular weight is 526 g/mol. The van der Waals surface area contributed by atoms with Crippen LogP contribution in [-0.4, -0.2) is 44.2 Å². The van der Waals surface area contributed by atoms with Crippen molar-refractivity contribution in [2.75, 3.05) is 31.7 Å². The summed E-state index contributed by atoms with van der Waals surface area (Å²) in [6.07, 6.45) is 0. The number of hydrogen-bond acceptors (Lipinski definition) is 8. The van der Waals surface area contributed by atoms with Crippen molar-refractivity contribution in [2.45, 2.75) is 40.7 Å². The molecule has 0 fully saturated rings. The van der Waals surface area contributed by atoms with Crippen LogP contribution in [0.4, 0.5) is 11.4 Å². The minimum atomic E-state index is -1.45. The normalized spacial score (nSPS) is 11.7. The fourth-order valence-corrected chi connectivity index (χ4v) is 3.40. The van der Waals surface area contributed by atoms with Crippen LogP contribution in [0.3, 0.4) is 0 Å². The molecule has 0 spiro atoms. The van der Waals surface area contributed by atoms with Crippen LogP contribution in [-0.2, 0) is 9.59 Å². The summed E-state index contributed by atoms with van der Waals surface area (Å²) < 4.78 is 22.3. The van der Waals surface area contributed by atoms with Gasteiger partial charge in [-0.1, -0.05) is 23.2 Å². The maximum absolute atomic E-state index is 13.0. The van der Waals surface area contributed by atoms with Crippen LogP contribution in [0, 0.1) is 0 Å². The lowest BCUT2D eigenvalue weighted by molar-refractivity contribution is -0.126.